The van der Waals surface area contributed by atoms with Crippen LogP contribution in [-0.4, -0.2) is 48.5 Å². The first-order chi connectivity index (χ1) is 16.9. The largest absolute Gasteiger partial charge is 0.394 e. The van der Waals surface area contributed by atoms with E-state index in [2.05, 4.69) is 36.6 Å². The van der Waals surface area contributed by atoms with Crippen molar-refractivity contribution in [2.45, 2.75) is 51.2 Å². The Morgan fingerprint density at radius 1 is 1.14 bits per heavy atom. The average molecular weight is 523 g/mol. The lowest BCUT2D eigenvalue weighted by molar-refractivity contribution is -0.109. The van der Waals surface area contributed by atoms with Gasteiger partial charge >= 0.3 is 0 Å². The molecule has 1 fully saturated rings. The van der Waals surface area contributed by atoms with Crippen LogP contribution >= 0.6 is 23.2 Å². The highest BCUT2D eigenvalue weighted by Gasteiger charge is 2.39. The highest BCUT2D eigenvalue weighted by molar-refractivity contribution is 6.30. The lowest BCUT2D eigenvalue weighted by Gasteiger charge is -2.25. The van der Waals surface area contributed by atoms with Crippen molar-refractivity contribution >= 4 is 29.6 Å². The molecule has 4 unspecified atom stereocenters. The van der Waals surface area contributed by atoms with Gasteiger partial charge in [0.1, 0.15) is 0 Å². The van der Waals surface area contributed by atoms with Crippen LogP contribution in [0.15, 0.2) is 54.6 Å². The Balaban J connectivity index is 0.000000316. The van der Waals surface area contributed by atoms with Crippen LogP contribution in [0, 0.1) is 23.2 Å². The van der Waals surface area contributed by atoms with E-state index in [9.17, 15) is 10.1 Å². The molecule has 0 radical (unpaired) electrons. The standard InChI is InChI=1S/C16H21ClN2.C6H5Cl.C5H11NO3/c1-3-11(4-2)16-14(9-18)15(10-19-16)12-6-5-7-13(17)8-12;7-6-4-2-1-3-5-6;7-3-5(9)1-2-6-4-8/h5-8,11,14-16,19H,3-4,10H2,1-2H3;1-5H;4-5,7,9H,1-3H2,(H,6,8). The zero-order valence-electron chi connectivity index (χ0n) is 20.4. The summed E-state index contributed by atoms with van der Waals surface area (Å²) < 4.78 is 0. The maximum absolute atomic E-state index is 9.62. The maximum Gasteiger partial charge on any atom is 0.207 e. The summed E-state index contributed by atoms with van der Waals surface area (Å²) in [5.41, 5.74) is 1.18. The summed E-state index contributed by atoms with van der Waals surface area (Å²) in [5.74, 6) is 0.881. The Labute approximate surface area is 219 Å². The van der Waals surface area contributed by atoms with E-state index >= 15 is 0 Å². The summed E-state index contributed by atoms with van der Waals surface area (Å²) in [6.07, 6.45) is 2.49. The van der Waals surface area contributed by atoms with Crippen LogP contribution in [0.25, 0.3) is 0 Å². The average Bonchev–Trinajstić information content (AvgIpc) is 3.30. The fourth-order valence-electron chi connectivity index (χ4n) is 4.07. The molecule has 6 nitrogen and oxygen atoms in total. The highest BCUT2D eigenvalue weighted by Crippen LogP contribution is 2.36. The van der Waals surface area contributed by atoms with Crippen molar-refractivity contribution < 1.29 is 15.0 Å². The zero-order valence-corrected chi connectivity index (χ0v) is 21.9. The summed E-state index contributed by atoms with van der Waals surface area (Å²) in [7, 11) is 0. The fourth-order valence-corrected chi connectivity index (χ4v) is 4.42. The first-order valence-corrected chi connectivity index (χ1v) is 12.7. The number of hydrogen-bond donors (Lipinski definition) is 4. The van der Waals surface area contributed by atoms with Crippen LogP contribution in [0.3, 0.4) is 0 Å². The molecule has 35 heavy (non-hydrogen) atoms. The lowest BCUT2D eigenvalue weighted by Crippen LogP contribution is -2.34. The number of aliphatic hydroxyl groups is 2. The molecule has 0 aromatic heterocycles. The van der Waals surface area contributed by atoms with Gasteiger partial charge in [-0.1, -0.05) is 80.2 Å². The molecule has 192 valence electrons. The molecule has 4 atom stereocenters. The van der Waals surface area contributed by atoms with Crippen LogP contribution < -0.4 is 10.6 Å². The molecule has 0 saturated carbocycles. The van der Waals surface area contributed by atoms with Crippen molar-refractivity contribution in [3.05, 3.63) is 70.2 Å². The van der Waals surface area contributed by atoms with Gasteiger partial charge in [0.05, 0.1) is 24.7 Å². The van der Waals surface area contributed by atoms with Gasteiger partial charge in [-0.15, -0.1) is 0 Å². The van der Waals surface area contributed by atoms with Gasteiger partial charge in [-0.2, -0.15) is 5.26 Å². The highest BCUT2D eigenvalue weighted by atomic mass is 35.5. The minimum Gasteiger partial charge on any atom is -0.394 e. The predicted octanol–water partition coefficient (Wildman–Crippen LogP) is 4.79. The van der Waals surface area contributed by atoms with E-state index in [1.807, 2.05) is 48.5 Å². The van der Waals surface area contributed by atoms with Gasteiger partial charge in [0.2, 0.25) is 6.41 Å². The zero-order chi connectivity index (χ0) is 26.1. The van der Waals surface area contributed by atoms with Crippen molar-refractivity contribution in [2.75, 3.05) is 19.7 Å². The van der Waals surface area contributed by atoms with E-state index in [-0.39, 0.29) is 18.4 Å². The van der Waals surface area contributed by atoms with Gasteiger partial charge in [-0.25, -0.2) is 0 Å². The number of nitriles is 1. The molecule has 0 spiro atoms. The molecule has 1 heterocycles. The van der Waals surface area contributed by atoms with Crippen LogP contribution in [0.5, 0.6) is 0 Å². The van der Waals surface area contributed by atoms with Crippen LogP contribution in [0.2, 0.25) is 10.0 Å². The number of hydrogen-bond acceptors (Lipinski definition) is 5. The van der Waals surface area contributed by atoms with E-state index < -0.39 is 6.10 Å². The van der Waals surface area contributed by atoms with Gasteiger partial charge < -0.3 is 20.8 Å². The predicted molar refractivity (Wildman–Crippen MR) is 142 cm³/mol. The third-order valence-electron chi connectivity index (χ3n) is 6.03. The second kappa shape index (κ2) is 18.2. The molecule has 1 saturated heterocycles. The third kappa shape index (κ3) is 11.4. The second-order valence-electron chi connectivity index (χ2n) is 8.32. The number of nitrogens with one attached hydrogen (secondary N) is 2. The van der Waals surface area contributed by atoms with Crippen molar-refractivity contribution in [2.24, 2.45) is 11.8 Å². The van der Waals surface area contributed by atoms with Crippen LogP contribution in [-0.2, 0) is 4.79 Å². The Morgan fingerprint density at radius 2 is 1.80 bits per heavy atom. The summed E-state index contributed by atoms with van der Waals surface area (Å²) >= 11 is 11.6. The van der Waals surface area contributed by atoms with Gasteiger partial charge in [0.25, 0.3) is 0 Å². The molecule has 1 aliphatic heterocycles. The first kappa shape index (κ1) is 30.9. The van der Waals surface area contributed by atoms with Gasteiger partial charge in [0, 0.05) is 35.1 Å². The minimum absolute atomic E-state index is 0.0448. The molecule has 3 rings (SSSR count). The van der Waals surface area contributed by atoms with Gasteiger partial charge in [-0.3, -0.25) is 4.79 Å². The molecule has 0 bridgehead atoms. The Morgan fingerprint density at radius 3 is 2.29 bits per heavy atom. The van der Waals surface area contributed by atoms with Crippen molar-refractivity contribution in [3.8, 4) is 6.07 Å². The number of rotatable bonds is 9. The SMILES string of the molecule is CCC(CC)C1NCC(c2cccc(Cl)c2)C1C#N.Clc1ccccc1.O=CNCCC(O)CO. The van der Waals surface area contributed by atoms with Crippen molar-refractivity contribution in [1.82, 2.24) is 10.6 Å². The van der Waals surface area contributed by atoms with Gasteiger partial charge in [-0.05, 0) is 42.2 Å². The van der Waals surface area contributed by atoms with E-state index in [1.54, 1.807) is 0 Å². The fraction of sp³-hybridized carbons (Fsp3) is 0.481. The monoisotopic (exact) mass is 521 g/mol. The minimum atomic E-state index is -0.711. The molecule has 0 aliphatic carbocycles. The molecule has 4 N–H and O–H groups in total. The number of benzene rings is 2. The third-order valence-corrected chi connectivity index (χ3v) is 6.51. The van der Waals surface area contributed by atoms with Gasteiger partial charge in [0.15, 0.2) is 0 Å². The number of amides is 1. The molecule has 1 amide bonds. The number of carbonyl (C=O) groups is 1. The van der Waals surface area contributed by atoms with Crippen LogP contribution in [0.4, 0.5) is 0 Å². The summed E-state index contributed by atoms with van der Waals surface area (Å²) in [4.78, 5) is 9.62. The molecular formula is C27H37Cl2N3O3. The van der Waals surface area contributed by atoms with Crippen molar-refractivity contribution in [3.63, 3.8) is 0 Å². The number of halogens is 2. The number of aliphatic hydroxyl groups excluding tert-OH is 2. The summed E-state index contributed by atoms with van der Waals surface area (Å²) in [6, 6.07) is 20.2. The molecule has 8 heteroatoms. The Kier molecular flexibility index (Phi) is 16.0. The molecular weight excluding hydrogens is 485 g/mol. The quantitative estimate of drug-likeness (QED) is 0.280. The summed E-state index contributed by atoms with van der Waals surface area (Å²) in [5, 5.41) is 34.0. The van der Waals surface area contributed by atoms with E-state index in [4.69, 9.17) is 33.4 Å². The lowest BCUT2D eigenvalue weighted by atomic mass is 9.80. The first-order valence-electron chi connectivity index (χ1n) is 12.0. The van der Waals surface area contributed by atoms with Crippen molar-refractivity contribution in [1.29, 1.82) is 5.26 Å². The van der Waals surface area contributed by atoms with E-state index in [0.717, 1.165) is 29.4 Å². The smallest absolute Gasteiger partial charge is 0.207 e. The molecule has 2 aromatic carbocycles. The maximum atomic E-state index is 9.62. The molecule has 2 aromatic rings. The summed E-state index contributed by atoms with van der Waals surface area (Å²) in [6.45, 7) is 5.44. The Hall–Kier alpha value is -2.14. The normalized spacial score (nSPS) is 19.4. The van der Waals surface area contributed by atoms with Crippen LogP contribution in [0.1, 0.15) is 44.6 Å². The van der Waals surface area contributed by atoms with E-state index in [0.29, 0.717) is 31.3 Å². The van der Waals surface area contributed by atoms with E-state index in [1.165, 1.54) is 5.56 Å². The second-order valence-corrected chi connectivity index (χ2v) is 9.19. The molecule has 1 aliphatic rings. The number of nitrogens with zero attached hydrogens (tertiary/aromatic N) is 1. The topological polar surface area (TPSA) is 105 Å². The Bertz CT molecular complexity index is 875. The number of carbonyl (C=O) groups excluding carboxylic acids is 1.